The quantitative estimate of drug-likeness (QED) is 0.487. The number of aliphatic imine (C=N–C) groups is 1. The first kappa shape index (κ1) is 20.3. The number of amidine groups is 1. The van der Waals surface area contributed by atoms with Crippen LogP contribution in [0, 0.1) is 5.92 Å². The van der Waals surface area contributed by atoms with Gasteiger partial charge in [-0.2, -0.15) is 4.99 Å². The van der Waals surface area contributed by atoms with Crippen molar-refractivity contribution in [3.05, 3.63) is 65.7 Å². The zero-order chi connectivity index (χ0) is 20.9. The van der Waals surface area contributed by atoms with E-state index < -0.39 is 6.03 Å². The largest absolute Gasteiger partial charge is 0.387 e. The summed E-state index contributed by atoms with van der Waals surface area (Å²) < 4.78 is 0. The minimum Gasteiger partial charge on any atom is -0.387 e. The zero-order valence-corrected chi connectivity index (χ0v) is 17.2. The number of amides is 2. The Morgan fingerprint density at radius 3 is 3.00 bits per heavy atom. The molecule has 1 aliphatic rings. The van der Waals surface area contributed by atoms with Crippen molar-refractivity contribution >= 4 is 39.9 Å². The summed E-state index contributed by atoms with van der Waals surface area (Å²) in [6.07, 6.45) is 7.01. The molecule has 1 aromatic carbocycles. The van der Waals surface area contributed by atoms with Gasteiger partial charge in [-0.3, -0.25) is 14.9 Å². The highest BCUT2D eigenvalue weighted by Crippen LogP contribution is 2.23. The molecule has 2 aromatic heterocycles. The van der Waals surface area contributed by atoms with E-state index in [9.17, 15) is 4.79 Å². The molecule has 2 amide bonds. The van der Waals surface area contributed by atoms with Crippen LogP contribution >= 0.6 is 11.6 Å². The number of carbonyl (C=O) groups excluding carboxylic acids is 1. The number of nitrogens with two attached hydrogens (primary N) is 1. The minimum absolute atomic E-state index is 0.0357. The lowest BCUT2D eigenvalue weighted by Crippen LogP contribution is -2.41. The third-order valence-electron chi connectivity index (χ3n) is 5.25. The van der Waals surface area contributed by atoms with Gasteiger partial charge in [0.25, 0.3) is 0 Å². The van der Waals surface area contributed by atoms with E-state index in [2.05, 4.69) is 25.2 Å². The number of piperidine rings is 1. The molecular weight excluding hydrogens is 400 g/mol. The van der Waals surface area contributed by atoms with Gasteiger partial charge in [0.1, 0.15) is 5.84 Å². The lowest BCUT2D eigenvalue weighted by molar-refractivity contribution is 0.194. The summed E-state index contributed by atoms with van der Waals surface area (Å²) >= 11 is 5.91. The Bertz CT molecular complexity index is 1060. The van der Waals surface area contributed by atoms with Gasteiger partial charge in [-0.05, 0) is 43.7 Å². The van der Waals surface area contributed by atoms with Gasteiger partial charge in [-0.25, -0.2) is 4.79 Å². The molecule has 8 heteroatoms. The second kappa shape index (κ2) is 9.19. The molecule has 4 rings (SSSR count). The van der Waals surface area contributed by atoms with Crippen molar-refractivity contribution in [3.8, 4) is 0 Å². The van der Waals surface area contributed by atoms with E-state index >= 15 is 0 Å². The van der Waals surface area contributed by atoms with E-state index in [1.807, 2.05) is 36.4 Å². The van der Waals surface area contributed by atoms with Gasteiger partial charge in [0.05, 0.1) is 16.4 Å². The molecule has 3 heterocycles. The summed E-state index contributed by atoms with van der Waals surface area (Å²) in [4.78, 5) is 27.4. The molecule has 0 spiro atoms. The van der Waals surface area contributed by atoms with Gasteiger partial charge < -0.3 is 11.1 Å². The van der Waals surface area contributed by atoms with Crippen molar-refractivity contribution in [1.82, 2.24) is 14.9 Å². The van der Waals surface area contributed by atoms with Gasteiger partial charge in [-0.1, -0.05) is 23.7 Å². The van der Waals surface area contributed by atoms with Gasteiger partial charge in [-0.15, -0.1) is 0 Å². The second-order valence-corrected chi connectivity index (χ2v) is 7.85. The maximum absolute atomic E-state index is 12.5. The Morgan fingerprint density at radius 1 is 1.27 bits per heavy atom. The van der Waals surface area contributed by atoms with Crippen LogP contribution < -0.4 is 11.1 Å². The molecule has 154 valence electrons. The summed E-state index contributed by atoms with van der Waals surface area (Å²) in [6.45, 7) is 2.42. The third kappa shape index (κ3) is 4.93. The predicted molar refractivity (Wildman–Crippen MR) is 120 cm³/mol. The van der Waals surface area contributed by atoms with Crippen LogP contribution in [-0.2, 0) is 6.54 Å². The first-order valence-corrected chi connectivity index (χ1v) is 10.3. The van der Waals surface area contributed by atoms with E-state index in [-0.39, 0.29) is 5.92 Å². The molecule has 0 radical (unpaired) electrons. The van der Waals surface area contributed by atoms with Crippen LogP contribution in [0.15, 0.2) is 60.0 Å². The number of likely N-dealkylation sites (tertiary alicyclic amines) is 1. The fourth-order valence-corrected chi connectivity index (χ4v) is 3.86. The number of hydrogen-bond acceptors (Lipinski definition) is 4. The number of nitrogens with one attached hydrogen (secondary N) is 1. The van der Waals surface area contributed by atoms with Crippen molar-refractivity contribution in [2.45, 2.75) is 19.4 Å². The molecule has 1 atom stereocenters. The van der Waals surface area contributed by atoms with Crippen LogP contribution in [0.5, 0.6) is 0 Å². The average molecular weight is 423 g/mol. The number of urea groups is 1. The number of anilines is 1. The molecule has 3 N–H and O–H groups in total. The normalized spacial score (nSPS) is 17.8. The standard InChI is InChI=1S/C22H23ClN6O/c23-17-6-7-18(26-12-17)14-29-10-2-4-16(13-29)21(24)28-22(30)27-20-5-1-3-15-11-25-9-8-19(15)20/h1,3,5-9,11-12,16H,2,4,10,13-14H2,(H3,24,27,28,30). The molecule has 7 nitrogen and oxygen atoms in total. The third-order valence-corrected chi connectivity index (χ3v) is 5.47. The summed E-state index contributed by atoms with van der Waals surface area (Å²) in [5.74, 6) is 0.400. The highest BCUT2D eigenvalue weighted by Gasteiger charge is 2.23. The Labute approximate surface area is 180 Å². The van der Waals surface area contributed by atoms with Crippen molar-refractivity contribution < 1.29 is 4.79 Å². The molecule has 0 aliphatic carbocycles. The van der Waals surface area contributed by atoms with Crippen LogP contribution in [-0.4, -0.2) is 39.8 Å². The topological polar surface area (TPSA) is 96.5 Å². The van der Waals surface area contributed by atoms with E-state index in [1.165, 1.54) is 0 Å². The smallest absolute Gasteiger partial charge is 0.347 e. The zero-order valence-electron chi connectivity index (χ0n) is 16.5. The minimum atomic E-state index is -0.465. The number of pyridine rings is 2. The van der Waals surface area contributed by atoms with Crippen LogP contribution in [0.1, 0.15) is 18.5 Å². The number of halogens is 1. The van der Waals surface area contributed by atoms with Crippen LogP contribution in [0.25, 0.3) is 10.8 Å². The number of fused-ring (bicyclic) bond motifs is 1. The molecule has 3 aromatic rings. The fraction of sp³-hybridized carbons (Fsp3) is 0.273. The Kier molecular flexibility index (Phi) is 6.21. The van der Waals surface area contributed by atoms with Crippen molar-refractivity contribution in [2.75, 3.05) is 18.4 Å². The van der Waals surface area contributed by atoms with Crippen molar-refractivity contribution in [3.63, 3.8) is 0 Å². The molecule has 0 bridgehead atoms. The number of carbonyl (C=O) groups is 1. The van der Waals surface area contributed by atoms with Crippen LogP contribution in [0.2, 0.25) is 5.02 Å². The Morgan fingerprint density at radius 2 is 2.17 bits per heavy atom. The number of aromatic nitrogens is 2. The number of benzene rings is 1. The lowest BCUT2D eigenvalue weighted by atomic mass is 9.97. The number of hydrogen-bond donors (Lipinski definition) is 2. The van der Waals surface area contributed by atoms with E-state index in [4.69, 9.17) is 17.3 Å². The number of nitrogens with zero attached hydrogens (tertiary/aromatic N) is 4. The highest BCUT2D eigenvalue weighted by molar-refractivity contribution is 6.30. The highest BCUT2D eigenvalue weighted by atomic mass is 35.5. The maximum atomic E-state index is 12.5. The summed E-state index contributed by atoms with van der Waals surface area (Å²) in [5, 5.41) is 5.33. The van der Waals surface area contributed by atoms with Gasteiger partial charge in [0.15, 0.2) is 0 Å². The lowest BCUT2D eigenvalue weighted by Gasteiger charge is -2.32. The van der Waals surface area contributed by atoms with Gasteiger partial charge >= 0.3 is 6.03 Å². The summed E-state index contributed by atoms with van der Waals surface area (Å²) in [5.41, 5.74) is 7.86. The Balaban J connectivity index is 1.40. The van der Waals surface area contributed by atoms with E-state index in [0.717, 1.165) is 48.9 Å². The first-order chi connectivity index (χ1) is 14.6. The molecule has 1 unspecified atom stereocenters. The molecule has 1 aliphatic heterocycles. The van der Waals surface area contributed by atoms with Crippen molar-refractivity contribution in [1.29, 1.82) is 0 Å². The molecule has 1 fully saturated rings. The predicted octanol–water partition coefficient (Wildman–Crippen LogP) is 4.08. The van der Waals surface area contributed by atoms with Gasteiger partial charge in [0, 0.05) is 48.4 Å². The monoisotopic (exact) mass is 422 g/mol. The molecule has 1 saturated heterocycles. The fourth-order valence-electron chi connectivity index (χ4n) is 3.75. The second-order valence-electron chi connectivity index (χ2n) is 7.41. The van der Waals surface area contributed by atoms with Gasteiger partial charge in [0.2, 0.25) is 0 Å². The summed E-state index contributed by atoms with van der Waals surface area (Å²) in [7, 11) is 0. The number of rotatable bonds is 4. The Hall–Kier alpha value is -3.03. The summed E-state index contributed by atoms with van der Waals surface area (Å²) in [6, 6.07) is 10.8. The van der Waals surface area contributed by atoms with E-state index in [1.54, 1.807) is 18.6 Å². The van der Waals surface area contributed by atoms with Crippen LogP contribution in [0.4, 0.5) is 10.5 Å². The molecule has 30 heavy (non-hydrogen) atoms. The first-order valence-electron chi connectivity index (χ1n) is 9.89. The van der Waals surface area contributed by atoms with E-state index in [0.29, 0.717) is 16.5 Å². The van der Waals surface area contributed by atoms with Crippen LogP contribution in [0.3, 0.4) is 0 Å². The maximum Gasteiger partial charge on any atom is 0.347 e. The molecular formula is C22H23ClN6O. The SMILES string of the molecule is N/C(=N\C(=O)Nc1cccc2cnccc12)C1CCCN(Cc2ccc(Cl)cn2)C1. The average Bonchev–Trinajstić information content (AvgIpc) is 2.76. The molecule has 0 saturated carbocycles. The van der Waals surface area contributed by atoms with Crippen molar-refractivity contribution in [2.24, 2.45) is 16.6 Å².